The number of ether oxygens (including phenoxy) is 1. The number of carbonyl (C=O) groups excluding carboxylic acids is 1. The van der Waals surface area contributed by atoms with Crippen LogP contribution in [0, 0.1) is 0 Å². The molecule has 0 radical (unpaired) electrons. The van der Waals surface area contributed by atoms with Crippen LogP contribution < -0.4 is 0 Å². The summed E-state index contributed by atoms with van der Waals surface area (Å²) in [6.07, 6.45) is -1.35. The Labute approximate surface area is 93.8 Å². The molecule has 1 heterocycles. The molecule has 1 amide bonds. The minimum Gasteiger partial charge on any atom is -0.480 e. The number of carboxylic acids is 1. The molecule has 1 rings (SSSR count). The van der Waals surface area contributed by atoms with E-state index in [0.29, 0.717) is 0 Å². The van der Waals surface area contributed by atoms with Gasteiger partial charge in [-0.25, -0.2) is 9.59 Å². The second-order valence-corrected chi connectivity index (χ2v) is 4.80. The summed E-state index contributed by atoms with van der Waals surface area (Å²) in [4.78, 5) is 23.4. The van der Waals surface area contributed by atoms with Gasteiger partial charge in [0.1, 0.15) is 17.9 Å². The monoisotopic (exact) mass is 231 g/mol. The number of aliphatic carboxylic acids is 1. The summed E-state index contributed by atoms with van der Waals surface area (Å²) in [5, 5.41) is 18.4. The van der Waals surface area contributed by atoms with Crippen LogP contribution in [0.5, 0.6) is 0 Å². The molecule has 1 aliphatic rings. The fourth-order valence-corrected chi connectivity index (χ4v) is 1.60. The van der Waals surface area contributed by atoms with Crippen LogP contribution in [0.25, 0.3) is 0 Å². The number of carbonyl (C=O) groups is 2. The highest BCUT2D eigenvalue weighted by atomic mass is 16.6. The number of aliphatic hydroxyl groups is 1. The maximum atomic E-state index is 11.7. The molecule has 0 aromatic heterocycles. The molecule has 6 heteroatoms. The zero-order valence-corrected chi connectivity index (χ0v) is 9.64. The minimum absolute atomic E-state index is 0.246. The van der Waals surface area contributed by atoms with Gasteiger partial charge in [-0.2, -0.15) is 0 Å². The van der Waals surface area contributed by atoms with Crippen molar-refractivity contribution >= 4 is 12.1 Å². The minimum atomic E-state index is -1.12. The van der Waals surface area contributed by atoms with Crippen molar-refractivity contribution in [2.75, 3.05) is 0 Å². The molecular formula is C10H17NO5. The van der Waals surface area contributed by atoms with Gasteiger partial charge in [0, 0.05) is 0 Å². The van der Waals surface area contributed by atoms with Gasteiger partial charge in [-0.05, 0) is 33.6 Å². The van der Waals surface area contributed by atoms with Crippen molar-refractivity contribution in [1.29, 1.82) is 0 Å². The molecule has 0 aromatic carbocycles. The topological polar surface area (TPSA) is 87.1 Å². The largest absolute Gasteiger partial charge is 0.480 e. The van der Waals surface area contributed by atoms with Gasteiger partial charge in [0.15, 0.2) is 0 Å². The Hall–Kier alpha value is -1.30. The lowest BCUT2D eigenvalue weighted by molar-refractivity contribution is -0.144. The molecule has 1 aliphatic heterocycles. The Balaban J connectivity index is 2.76. The van der Waals surface area contributed by atoms with Gasteiger partial charge in [0.05, 0.1) is 0 Å². The van der Waals surface area contributed by atoms with Gasteiger partial charge in [-0.1, -0.05) is 0 Å². The van der Waals surface area contributed by atoms with Gasteiger partial charge in [0.2, 0.25) is 0 Å². The fraction of sp³-hybridized carbons (Fsp3) is 0.800. The third kappa shape index (κ3) is 2.85. The highest BCUT2D eigenvalue weighted by Crippen LogP contribution is 2.25. The van der Waals surface area contributed by atoms with Crippen LogP contribution in [0.4, 0.5) is 4.79 Å². The number of amides is 1. The van der Waals surface area contributed by atoms with Crippen LogP contribution in [-0.4, -0.2) is 45.0 Å². The summed E-state index contributed by atoms with van der Waals surface area (Å²) in [5.41, 5.74) is -0.706. The first-order valence-electron chi connectivity index (χ1n) is 5.14. The lowest BCUT2D eigenvalue weighted by Gasteiger charge is -2.28. The van der Waals surface area contributed by atoms with Crippen molar-refractivity contribution in [2.24, 2.45) is 0 Å². The Morgan fingerprint density at radius 1 is 1.31 bits per heavy atom. The lowest BCUT2D eigenvalue weighted by Crippen LogP contribution is -2.47. The van der Waals surface area contributed by atoms with Gasteiger partial charge in [0.25, 0.3) is 0 Å². The molecular weight excluding hydrogens is 214 g/mol. The smallest absolute Gasteiger partial charge is 0.413 e. The molecule has 2 atom stereocenters. The standard InChI is InChI=1S/C10H17NO5/c1-10(2,3)16-9(15)11-6(8(13)14)4-5-7(11)12/h6-7,12H,4-5H2,1-3H3,(H,13,14)/t6?,7-/m0/s1. The van der Waals surface area contributed by atoms with E-state index in [-0.39, 0.29) is 12.8 Å². The van der Waals surface area contributed by atoms with Crippen LogP contribution in [0.2, 0.25) is 0 Å². The van der Waals surface area contributed by atoms with E-state index in [1.165, 1.54) is 0 Å². The molecule has 0 aromatic rings. The number of hydrogen-bond acceptors (Lipinski definition) is 4. The SMILES string of the molecule is CC(C)(C)OC(=O)N1C(C(=O)O)CC[C@@H]1O. The molecule has 0 bridgehead atoms. The summed E-state index contributed by atoms with van der Waals surface area (Å²) in [6, 6.07) is -0.996. The normalized spacial score (nSPS) is 25.6. The number of likely N-dealkylation sites (tertiary alicyclic amines) is 1. The van der Waals surface area contributed by atoms with Gasteiger partial charge in [-0.15, -0.1) is 0 Å². The summed E-state index contributed by atoms with van der Waals surface area (Å²) in [5.74, 6) is -1.12. The molecule has 1 unspecified atom stereocenters. The molecule has 0 spiro atoms. The Morgan fingerprint density at radius 2 is 1.88 bits per heavy atom. The quantitative estimate of drug-likeness (QED) is 0.696. The first kappa shape index (κ1) is 12.8. The van der Waals surface area contributed by atoms with E-state index in [9.17, 15) is 14.7 Å². The van der Waals surface area contributed by atoms with E-state index < -0.39 is 29.9 Å². The fourth-order valence-electron chi connectivity index (χ4n) is 1.60. The number of carboxylic acid groups (broad SMARTS) is 1. The van der Waals surface area contributed by atoms with Crippen LogP contribution in [0.3, 0.4) is 0 Å². The Morgan fingerprint density at radius 3 is 2.31 bits per heavy atom. The van der Waals surface area contributed by atoms with Crippen molar-refractivity contribution in [3.63, 3.8) is 0 Å². The third-order valence-corrected chi connectivity index (χ3v) is 2.24. The molecule has 6 nitrogen and oxygen atoms in total. The molecule has 1 fully saturated rings. The highest BCUT2D eigenvalue weighted by molar-refractivity contribution is 5.81. The van der Waals surface area contributed by atoms with Crippen LogP contribution >= 0.6 is 0 Å². The number of rotatable bonds is 1. The second kappa shape index (κ2) is 4.29. The van der Waals surface area contributed by atoms with Crippen LogP contribution in [0.1, 0.15) is 33.6 Å². The summed E-state index contributed by atoms with van der Waals surface area (Å²) >= 11 is 0. The first-order chi connectivity index (χ1) is 7.22. The van der Waals surface area contributed by atoms with E-state index in [1.54, 1.807) is 20.8 Å². The third-order valence-electron chi connectivity index (χ3n) is 2.24. The zero-order chi connectivity index (χ0) is 12.5. The average Bonchev–Trinajstić information content (AvgIpc) is 2.43. The number of aliphatic hydroxyl groups excluding tert-OH is 1. The maximum absolute atomic E-state index is 11.7. The Bertz CT molecular complexity index is 296. The van der Waals surface area contributed by atoms with E-state index in [0.717, 1.165) is 4.90 Å². The van der Waals surface area contributed by atoms with Crippen LogP contribution in [-0.2, 0) is 9.53 Å². The van der Waals surface area contributed by atoms with E-state index in [2.05, 4.69) is 0 Å². The molecule has 92 valence electrons. The predicted molar refractivity (Wildman–Crippen MR) is 54.7 cm³/mol. The van der Waals surface area contributed by atoms with Crippen LogP contribution in [0.15, 0.2) is 0 Å². The molecule has 16 heavy (non-hydrogen) atoms. The van der Waals surface area contributed by atoms with Crippen molar-refractivity contribution in [3.05, 3.63) is 0 Å². The van der Waals surface area contributed by atoms with Crippen molar-refractivity contribution < 1.29 is 24.5 Å². The summed E-state index contributed by atoms with van der Waals surface area (Å²) in [6.45, 7) is 5.05. The van der Waals surface area contributed by atoms with Gasteiger partial charge >= 0.3 is 12.1 Å². The highest BCUT2D eigenvalue weighted by Gasteiger charge is 2.42. The number of hydrogen-bond donors (Lipinski definition) is 2. The molecule has 0 aliphatic carbocycles. The molecule has 0 saturated carbocycles. The van der Waals surface area contributed by atoms with E-state index in [4.69, 9.17) is 9.84 Å². The lowest BCUT2D eigenvalue weighted by atomic mass is 10.2. The van der Waals surface area contributed by atoms with E-state index in [1.807, 2.05) is 0 Å². The summed E-state index contributed by atoms with van der Waals surface area (Å²) < 4.78 is 5.04. The Kier molecular flexibility index (Phi) is 3.42. The number of nitrogens with zero attached hydrogens (tertiary/aromatic N) is 1. The predicted octanol–water partition coefficient (Wildman–Crippen LogP) is 0.789. The van der Waals surface area contributed by atoms with E-state index >= 15 is 0 Å². The second-order valence-electron chi connectivity index (χ2n) is 4.80. The molecule has 1 saturated heterocycles. The van der Waals surface area contributed by atoms with Gasteiger partial charge < -0.3 is 14.9 Å². The summed E-state index contributed by atoms with van der Waals surface area (Å²) in [7, 11) is 0. The zero-order valence-electron chi connectivity index (χ0n) is 9.64. The average molecular weight is 231 g/mol. The first-order valence-corrected chi connectivity index (χ1v) is 5.14. The molecule has 2 N–H and O–H groups in total. The van der Waals surface area contributed by atoms with Crippen molar-refractivity contribution in [3.8, 4) is 0 Å². The van der Waals surface area contributed by atoms with Crippen molar-refractivity contribution in [2.45, 2.75) is 51.5 Å². The van der Waals surface area contributed by atoms with Crippen molar-refractivity contribution in [1.82, 2.24) is 4.90 Å². The maximum Gasteiger partial charge on any atom is 0.413 e. The van der Waals surface area contributed by atoms with Gasteiger partial charge in [-0.3, -0.25) is 4.90 Å².